The molecule has 3 rings (SSSR count). The molecule has 5 nitrogen and oxygen atoms in total. The lowest BCUT2D eigenvalue weighted by Crippen LogP contribution is -2.48. The largest absolute Gasteiger partial charge is 0.369 e. The Hall–Kier alpha value is -0.810. The number of primary amides is 1. The van der Waals surface area contributed by atoms with Crippen molar-refractivity contribution in [3.8, 4) is 0 Å². The predicted molar refractivity (Wildman–Crippen MR) is 87.6 cm³/mol. The Kier molecular flexibility index (Phi) is 6.09. The average molecular weight is 330 g/mol. The summed E-state index contributed by atoms with van der Waals surface area (Å²) in [6.45, 7) is 0. The van der Waals surface area contributed by atoms with Crippen LogP contribution in [0, 0.1) is 11.8 Å². The monoisotopic (exact) mass is 329 g/mol. The molecular formula is C16H28ClN3O2. The Morgan fingerprint density at radius 2 is 1.68 bits per heavy atom. The maximum atomic E-state index is 12.3. The van der Waals surface area contributed by atoms with E-state index in [1.165, 1.54) is 12.8 Å². The molecule has 0 aromatic heterocycles. The number of amides is 2. The van der Waals surface area contributed by atoms with Crippen LogP contribution in [0.3, 0.4) is 0 Å². The number of hydrogen-bond donors (Lipinski definition) is 3. The fraction of sp³-hybridized carbons (Fsp3) is 0.875. The van der Waals surface area contributed by atoms with Crippen LogP contribution in [0.25, 0.3) is 0 Å². The maximum Gasteiger partial charge on any atom is 0.222 e. The van der Waals surface area contributed by atoms with Crippen LogP contribution in [0.2, 0.25) is 0 Å². The Balaban J connectivity index is 0.00000176. The molecule has 2 heterocycles. The van der Waals surface area contributed by atoms with Crippen molar-refractivity contribution in [1.82, 2.24) is 10.6 Å². The van der Waals surface area contributed by atoms with Crippen LogP contribution in [0.15, 0.2) is 0 Å². The predicted octanol–water partition coefficient (Wildman–Crippen LogP) is 1.49. The van der Waals surface area contributed by atoms with Gasteiger partial charge >= 0.3 is 0 Å². The van der Waals surface area contributed by atoms with E-state index in [0.29, 0.717) is 24.4 Å². The Labute approximate surface area is 138 Å². The third kappa shape index (κ3) is 4.13. The highest BCUT2D eigenvalue weighted by Gasteiger charge is 2.35. The van der Waals surface area contributed by atoms with Crippen molar-refractivity contribution in [3.05, 3.63) is 0 Å². The minimum absolute atomic E-state index is 0. The fourth-order valence-electron chi connectivity index (χ4n) is 4.51. The molecule has 4 unspecified atom stereocenters. The molecule has 22 heavy (non-hydrogen) atoms. The van der Waals surface area contributed by atoms with E-state index in [4.69, 9.17) is 5.73 Å². The summed E-state index contributed by atoms with van der Waals surface area (Å²) in [6.07, 6.45) is 9.18. The Morgan fingerprint density at radius 3 is 2.32 bits per heavy atom. The van der Waals surface area contributed by atoms with E-state index in [0.717, 1.165) is 38.5 Å². The number of nitrogens with two attached hydrogens (primary N) is 1. The van der Waals surface area contributed by atoms with Gasteiger partial charge in [-0.25, -0.2) is 0 Å². The zero-order valence-corrected chi connectivity index (χ0v) is 13.9. The summed E-state index contributed by atoms with van der Waals surface area (Å²) >= 11 is 0. The summed E-state index contributed by atoms with van der Waals surface area (Å²) < 4.78 is 0. The minimum Gasteiger partial charge on any atom is -0.369 e. The van der Waals surface area contributed by atoms with Gasteiger partial charge in [-0.2, -0.15) is 0 Å². The van der Waals surface area contributed by atoms with Crippen LogP contribution in [-0.2, 0) is 9.59 Å². The molecular weight excluding hydrogens is 302 g/mol. The summed E-state index contributed by atoms with van der Waals surface area (Å²) in [5.41, 5.74) is 5.46. The average Bonchev–Trinajstić information content (AvgIpc) is 2.78. The van der Waals surface area contributed by atoms with Gasteiger partial charge in [0.15, 0.2) is 0 Å². The number of piperidine rings is 1. The topological polar surface area (TPSA) is 84.2 Å². The van der Waals surface area contributed by atoms with Gasteiger partial charge in [-0.3, -0.25) is 9.59 Å². The number of hydrogen-bond acceptors (Lipinski definition) is 3. The number of carbonyl (C=O) groups excluding carboxylic acids is 2. The summed E-state index contributed by atoms with van der Waals surface area (Å²) in [4.78, 5) is 23.8. The standard InChI is InChI=1S/C16H27N3O2.ClH/c17-16(21)13-3-1-2-4-14(13)19-15(20)9-10-7-11-5-6-12(8-10)18-11;/h10-14,18H,1-9H2,(H2,17,21)(H,19,20);1H. The third-order valence-corrected chi connectivity index (χ3v) is 5.52. The molecule has 3 fully saturated rings. The van der Waals surface area contributed by atoms with Crippen LogP contribution < -0.4 is 16.4 Å². The molecule has 1 aliphatic carbocycles. The Morgan fingerprint density at radius 1 is 1.05 bits per heavy atom. The van der Waals surface area contributed by atoms with Crippen LogP contribution in [0.5, 0.6) is 0 Å². The lowest BCUT2D eigenvalue weighted by atomic mass is 9.83. The highest BCUT2D eigenvalue weighted by Crippen LogP contribution is 2.33. The second-order valence-corrected chi connectivity index (χ2v) is 7.15. The zero-order chi connectivity index (χ0) is 14.8. The first-order chi connectivity index (χ1) is 10.1. The Bertz CT molecular complexity index is 406. The first-order valence-electron chi connectivity index (χ1n) is 8.46. The number of nitrogens with one attached hydrogen (secondary N) is 2. The van der Waals surface area contributed by atoms with Crippen molar-refractivity contribution >= 4 is 24.2 Å². The van der Waals surface area contributed by atoms with Crippen LogP contribution >= 0.6 is 12.4 Å². The van der Waals surface area contributed by atoms with Gasteiger partial charge in [0.05, 0.1) is 5.92 Å². The highest BCUT2D eigenvalue weighted by atomic mass is 35.5. The molecule has 0 radical (unpaired) electrons. The molecule has 6 heteroatoms. The van der Waals surface area contributed by atoms with Gasteiger partial charge in [-0.05, 0) is 44.4 Å². The van der Waals surface area contributed by atoms with Crippen molar-refractivity contribution in [2.45, 2.75) is 75.9 Å². The fourth-order valence-corrected chi connectivity index (χ4v) is 4.51. The van der Waals surface area contributed by atoms with Crippen molar-refractivity contribution in [3.63, 3.8) is 0 Å². The molecule has 2 saturated heterocycles. The molecule has 0 aromatic carbocycles. The smallest absolute Gasteiger partial charge is 0.222 e. The van der Waals surface area contributed by atoms with E-state index in [2.05, 4.69) is 10.6 Å². The van der Waals surface area contributed by atoms with E-state index < -0.39 is 0 Å². The lowest BCUT2D eigenvalue weighted by Gasteiger charge is -2.32. The summed E-state index contributed by atoms with van der Waals surface area (Å²) in [5, 5.41) is 6.69. The SMILES string of the molecule is Cl.NC(=O)C1CCCCC1NC(=O)CC1CC2CCC(C1)N2. The molecule has 126 valence electrons. The van der Waals surface area contributed by atoms with Crippen molar-refractivity contribution in [2.24, 2.45) is 17.6 Å². The molecule has 0 aromatic rings. The number of rotatable bonds is 4. The van der Waals surface area contributed by atoms with Gasteiger partial charge in [0.25, 0.3) is 0 Å². The number of carbonyl (C=O) groups is 2. The van der Waals surface area contributed by atoms with Crippen molar-refractivity contribution in [1.29, 1.82) is 0 Å². The summed E-state index contributed by atoms with van der Waals surface area (Å²) in [6, 6.07) is 1.20. The molecule has 2 aliphatic heterocycles. The van der Waals surface area contributed by atoms with E-state index in [-0.39, 0.29) is 36.2 Å². The zero-order valence-electron chi connectivity index (χ0n) is 13.1. The third-order valence-electron chi connectivity index (χ3n) is 5.52. The van der Waals surface area contributed by atoms with Crippen molar-refractivity contribution in [2.75, 3.05) is 0 Å². The second-order valence-electron chi connectivity index (χ2n) is 7.15. The van der Waals surface area contributed by atoms with E-state index in [1.54, 1.807) is 0 Å². The molecule has 3 aliphatic rings. The van der Waals surface area contributed by atoms with Crippen molar-refractivity contribution < 1.29 is 9.59 Å². The van der Waals surface area contributed by atoms with Gasteiger partial charge in [-0.15, -0.1) is 12.4 Å². The van der Waals surface area contributed by atoms with Crippen LogP contribution in [-0.4, -0.2) is 29.9 Å². The normalized spacial score (nSPS) is 37.2. The quantitative estimate of drug-likeness (QED) is 0.730. The molecule has 0 spiro atoms. The molecule has 4 atom stereocenters. The van der Waals surface area contributed by atoms with E-state index >= 15 is 0 Å². The van der Waals surface area contributed by atoms with E-state index in [9.17, 15) is 9.59 Å². The second kappa shape index (κ2) is 7.64. The first-order valence-corrected chi connectivity index (χ1v) is 8.46. The van der Waals surface area contributed by atoms with Gasteiger partial charge < -0.3 is 16.4 Å². The van der Waals surface area contributed by atoms with Crippen LogP contribution in [0.1, 0.15) is 57.8 Å². The molecule has 2 amide bonds. The highest BCUT2D eigenvalue weighted by molar-refractivity contribution is 5.85. The molecule has 2 bridgehead atoms. The molecule has 4 N–H and O–H groups in total. The summed E-state index contributed by atoms with van der Waals surface area (Å²) in [5.74, 6) is 0.172. The number of fused-ring (bicyclic) bond motifs is 2. The van der Waals surface area contributed by atoms with Gasteiger partial charge in [-0.1, -0.05) is 12.8 Å². The lowest BCUT2D eigenvalue weighted by molar-refractivity contribution is -0.126. The van der Waals surface area contributed by atoms with Crippen LogP contribution in [0.4, 0.5) is 0 Å². The maximum absolute atomic E-state index is 12.3. The summed E-state index contributed by atoms with van der Waals surface area (Å²) in [7, 11) is 0. The minimum atomic E-state index is -0.264. The molecule has 1 saturated carbocycles. The van der Waals surface area contributed by atoms with Gasteiger partial charge in [0.2, 0.25) is 11.8 Å². The van der Waals surface area contributed by atoms with Gasteiger partial charge in [0.1, 0.15) is 0 Å². The number of halogens is 1. The van der Waals surface area contributed by atoms with Gasteiger partial charge in [0, 0.05) is 24.5 Å². The first kappa shape index (κ1) is 17.5. The van der Waals surface area contributed by atoms with E-state index in [1.807, 2.05) is 0 Å².